The van der Waals surface area contributed by atoms with Gasteiger partial charge in [0.25, 0.3) is 0 Å². The molecule has 1 aliphatic heterocycles. The third-order valence-electron chi connectivity index (χ3n) is 5.04. The van der Waals surface area contributed by atoms with Crippen LogP contribution in [-0.2, 0) is 7.05 Å². The van der Waals surface area contributed by atoms with Gasteiger partial charge in [0.05, 0.1) is 10.9 Å². The van der Waals surface area contributed by atoms with Crippen LogP contribution < -0.4 is 10.3 Å². The number of carboxylic acid groups (broad SMARTS) is 1. The van der Waals surface area contributed by atoms with Crippen LogP contribution in [0.4, 0.5) is 5.69 Å². The maximum absolute atomic E-state index is 12.7. The van der Waals surface area contributed by atoms with E-state index in [0.29, 0.717) is 5.39 Å². The molecule has 5 nitrogen and oxygen atoms in total. The molecule has 27 heavy (non-hydrogen) atoms. The van der Waals surface area contributed by atoms with Crippen molar-refractivity contribution in [3.63, 3.8) is 0 Å². The molecular formula is C22H34N2O3. The van der Waals surface area contributed by atoms with Crippen LogP contribution in [0.3, 0.4) is 0 Å². The van der Waals surface area contributed by atoms with E-state index in [1.54, 1.807) is 4.57 Å². The topological polar surface area (TPSA) is 62.5 Å². The molecule has 2 heterocycles. The summed E-state index contributed by atoms with van der Waals surface area (Å²) in [6.07, 6.45) is 3.81. The lowest BCUT2D eigenvalue weighted by Gasteiger charge is -2.26. The van der Waals surface area contributed by atoms with Gasteiger partial charge in [-0.25, -0.2) is 4.79 Å². The summed E-state index contributed by atoms with van der Waals surface area (Å²) in [5.74, 6) is -1.18. The van der Waals surface area contributed by atoms with E-state index in [0.717, 1.165) is 35.3 Å². The zero-order valence-electron chi connectivity index (χ0n) is 18.1. The monoisotopic (exact) mass is 374 g/mol. The first-order chi connectivity index (χ1) is 12.8. The molecule has 150 valence electrons. The number of aromatic carboxylic acids is 1. The van der Waals surface area contributed by atoms with Gasteiger partial charge in [-0.15, -0.1) is 0 Å². The van der Waals surface area contributed by atoms with E-state index < -0.39 is 5.97 Å². The fourth-order valence-electron chi connectivity index (χ4n) is 3.86. The summed E-state index contributed by atoms with van der Waals surface area (Å²) in [7, 11) is 1.81. The van der Waals surface area contributed by atoms with Gasteiger partial charge in [0.2, 0.25) is 5.43 Å². The minimum Gasteiger partial charge on any atom is -0.477 e. The zero-order valence-corrected chi connectivity index (χ0v) is 18.1. The Labute approximate surface area is 162 Å². The first-order valence-electron chi connectivity index (χ1n) is 9.96. The van der Waals surface area contributed by atoms with Gasteiger partial charge < -0.3 is 14.6 Å². The van der Waals surface area contributed by atoms with Gasteiger partial charge in [0.1, 0.15) is 5.56 Å². The number of pyridine rings is 1. The molecule has 0 radical (unpaired) electrons. The summed E-state index contributed by atoms with van der Waals surface area (Å²) in [6, 6.07) is 0. The fraction of sp³-hybridized carbons (Fsp3) is 0.545. The van der Waals surface area contributed by atoms with Crippen LogP contribution in [0.15, 0.2) is 11.0 Å². The molecule has 0 saturated carbocycles. The zero-order chi connectivity index (χ0) is 20.9. The SMILES string of the molecule is CC.CC.Cc1c(N2CCCC2)c(C)c2c(c1C)c(=O)c(C(=O)O)cn2C. The first kappa shape index (κ1) is 22.7. The van der Waals surface area contributed by atoms with Gasteiger partial charge in [0, 0.05) is 32.0 Å². The highest BCUT2D eigenvalue weighted by molar-refractivity contribution is 5.97. The molecule has 0 bridgehead atoms. The van der Waals surface area contributed by atoms with E-state index in [9.17, 15) is 14.7 Å². The number of hydrogen-bond acceptors (Lipinski definition) is 3. The van der Waals surface area contributed by atoms with Crippen molar-refractivity contribution in [2.45, 2.75) is 61.3 Å². The number of rotatable bonds is 2. The van der Waals surface area contributed by atoms with Gasteiger partial charge in [0.15, 0.2) is 0 Å². The van der Waals surface area contributed by atoms with Crippen molar-refractivity contribution < 1.29 is 9.90 Å². The van der Waals surface area contributed by atoms with Crippen molar-refractivity contribution in [3.8, 4) is 0 Å². The van der Waals surface area contributed by atoms with Crippen molar-refractivity contribution in [3.05, 3.63) is 38.7 Å². The number of aromatic nitrogens is 1. The van der Waals surface area contributed by atoms with Crippen LogP contribution in [0.5, 0.6) is 0 Å². The molecule has 3 rings (SSSR count). The number of hydrogen-bond donors (Lipinski definition) is 1. The minimum atomic E-state index is -1.18. The average molecular weight is 375 g/mol. The van der Waals surface area contributed by atoms with Crippen molar-refractivity contribution in [2.75, 3.05) is 18.0 Å². The van der Waals surface area contributed by atoms with Crippen molar-refractivity contribution in [1.82, 2.24) is 4.57 Å². The van der Waals surface area contributed by atoms with Gasteiger partial charge in [-0.05, 0) is 50.3 Å². The number of aryl methyl sites for hydroxylation is 3. The van der Waals surface area contributed by atoms with Gasteiger partial charge in [-0.2, -0.15) is 0 Å². The Morgan fingerprint density at radius 2 is 1.48 bits per heavy atom. The lowest BCUT2D eigenvalue weighted by molar-refractivity contribution is 0.0695. The number of anilines is 1. The van der Waals surface area contributed by atoms with E-state index in [-0.39, 0.29) is 11.0 Å². The van der Waals surface area contributed by atoms with E-state index in [4.69, 9.17) is 0 Å². The third kappa shape index (κ3) is 4.02. The Bertz CT molecular complexity index is 876. The Balaban J connectivity index is 0.000000855. The van der Waals surface area contributed by atoms with Crippen LogP contribution in [0.1, 0.15) is 67.6 Å². The van der Waals surface area contributed by atoms with E-state index >= 15 is 0 Å². The maximum atomic E-state index is 12.7. The third-order valence-corrected chi connectivity index (χ3v) is 5.04. The number of fused-ring (bicyclic) bond motifs is 1. The van der Waals surface area contributed by atoms with E-state index in [2.05, 4.69) is 4.90 Å². The van der Waals surface area contributed by atoms with Crippen LogP contribution in [0.2, 0.25) is 0 Å². The first-order valence-corrected chi connectivity index (χ1v) is 9.96. The standard InChI is InChI=1S/C18H22N2O3.2C2H6/c1-10-11(2)15(20-7-5-6-8-20)12(3)16-14(10)17(21)13(18(22)23)9-19(16)4;2*1-2/h9H,5-8H2,1-4H3,(H,22,23);2*1-2H3. The summed E-state index contributed by atoms with van der Waals surface area (Å²) in [5, 5.41) is 9.82. The van der Waals surface area contributed by atoms with E-state index in [1.807, 2.05) is 55.5 Å². The molecular weight excluding hydrogens is 340 g/mol. The second-order valence-electron chi connectivity index (χ2n) is 6.43. The predicted molar refractivity (Wildman–Crippen MR) is 115 cm³/mol. The van der Waals surface area contributed by atoms with Crippen molar-refractivity contribution in [2.24, 2.45) is 7.05 Å². The summed E-state index contributed by atoms with van der Waals surface area (Å²) < 4.78 is 1.78. The molecule has 1 aliphatic rings. The molecule has 1 saturated heterocycles. The molecule has 1 N–H and O–H groups in total. The summed E-state index contributed by atoms with van der Waals surface area (Å²) in [5.41, 5.74) is 4.50. The van der Waals surface area contributed by atoms with Crippen molar-refractivity contribution in [1.29, 1.82) is 0 Å². The molecule has 0 spiro atoms. The lowest BCUT2D eigenvalue weighted by Crippen LogP contribution is -2.24. The fourth-order valence-corrected chi connectivity index (χ4v) is 3.86. The quantitative estimate of drug-likeness (QED) is 0.819. The van der Waals surface area contributed by atoms with Crippen LogP contribution >= 0.6 is 0 Å². The average Bonchev–Trinajstić information content (AvgIpc) is 3.18. The molecule has 1 fully saturated rings. The van der Waals surface area contributed by atoms with Crippen LogP contribution in [0.25, 0.3) is 10.9 Å². The predicted octanol–water partition coefficient (Wildman–Crippen LogP) is 4.81. The Morgan fingerprint density at radius 1 is 0.963 bits per heavy atom. The normalized spacial score (nSPS) is 13.0. The van der Waals surface area contributed by atoms with Gasteiger partial charge in [-0.3, -0.25) is 4.79 Å². The summed E-state index contributed by atoms with van der Waals surface area (Å²) >= 11 is 0. The van der Waals surface area contributed by atoms with Crippen LogP contribution in [-0.4, -0.2) is 28.7 Å². The molecule has 0 amide bonds. The second kappa shape index (κ2) is 9.58. The van der Waals surface area contributed by atoms with Crippen molar-refractivity contribution >= 4 is 22.6 Å². The Kier molecular flexibility index (Phi) is 8.07. The van der Waals surface area contributed by atoms with Gasteiger partial charge in [-0.1, -0.05) is 27.7 Å². The molecule has 5 heteroatoms. The molecule has 1 aromatic heterocycles. The number of carbonyl (C=O) groups is 1. The molecule has 0 unspecified atom stereocenters. The smallest absolute Gasteiger partial charge is 0.341 e. The Hall–Kier alpha value is -2.30. The highest BCUT2D eigenvalue weighted by atomic mass is 16.4. The summed E-state index contributed by atoms with van der Waals surface area (Å²) in [6.45, 7) is 16.1. The molecule has 0 aliphatic carbocycles. The number of nitrogens with zero attached hydrogens (tertiary/aromatic N) is 2. The second-order valence-corrected chi connectivity index (χ2v) is 6.43. The molecule has 2 aromatic rings. The van der Waals surface area contributed by atoms with E-state index in [1.165, 1.54) is 24.7 Å². The minimum absolute atomic E-state index is 0.171. The largest absolute Gasteiger partial charge is 0.477 e. The highest BCUT2D eigenvalue weighted by Crippen LogP contribution is 2.35. The molecule has 1 aromatic carbocycles. The number of carboxylic acids is 1. The van der Waals surface area contributed by atoms with Gasteiger partial charge >= 0.3 is 5.97 Å². The Morgan fingerprint density at radius 3 is 1.96 bits per heavy atom. The maximum Gasteiger partial charge on any atom is 0.341 e. The highest BCUT2D eigenvalue weighted by Gasteiger charge is 2.24. The molecule has 0 atom stereocenters. The van der Waals surface area contributed by atoms with Crippen LogP contribution in [0, 0.1) is 20.8 Å². The number of benzene rings is 1. The summed E-state index contributed by atoms with van der Waals surface area (Å²) in [4.78, 5) is 26.4. The lowest BCUT2D eigenvalue weighted by atomic mass is 9.95.